The first-order valence-corrected chi connectivity index (χ1v) is 8.63. The normalized spacial score (nSPS) is 29.7. The molecule has 4 atom stereocenters. The van der Waals surface area contributed by atoms with E-state index < -0.39 is 0 Å². The minimum absolute atomic E-state index is 0.0801. The molecule has 4 aliphatic rings. The van der Waals surface area contributed by atoms with E-state index in [1.807, 2.05) is 0 Å². The van der Waals surface area contributed by atoms with Gasteiger partial charge in [0.15, 0.2) is 0 Å². The number of carbonyl (C=O) groups is 3. The van der Waals surface area contributed by atoms with Crippen LogP contribution in [0, 0.1) is 23.7 Å². The molecule has 7 nitrogen and oxygen atoms in total. The lowest BCUT2D eigenvalue weighted by atomic mass is 9.63. The fraction of sp³-hybridized carbons (Fsp3) is 0.444. The van der Waals surface area contributed by atoms with Gasteiger partial charge in [-0.25, -0.2) is 4.79 Å². The van der Waals surface area contributed by atoms with Gasteiger partial charge >= 0.3 is 6.03 Å². The molecule has 3 aliphatic carbocycles. The maximum Gasteiger partial charge on any atom is 0.319 e. The van der Waals surface area contributed by atoms with Crippen LogP contribution in [-0.2, 0) is 9.59 Å². The number of nitrogens with one attached hydrogen (secondary N) is 2. The Morgan fingerprint density at radius 1 is 1.16 bits per heavy atom. The highest BCUT2D eigenvalue weighted by Crippen LogP contribution is 2.49. The van der Waals surface area contributed by atoms with Gasteiger partial charge in [-0.2, -0.15) is 0 Å². The Hall–Kier alpha value is -2.70. The first-order chi connectivity index (χ1) is 12.1. The first kappa shape index (κ1) is 15.8. The molecule has 130 valence electrons. The van der Waals surface area contributed by atoms with Crippen LogP contribution in [0.15, 0.2) is 36.7 Å². The summed E-state index contributed by atoms with van der Waals surface area (Å²) in [5.41, 5.74) is 0.585. The zero-order chi connectivity index (χ0) is 17.4. The second kappa shape index (κ2) is 6.31. The molecule has 1 saturated heterocycles. The number of nitrogens with zero attached hydrogens (tertiary/aromatic N) is 2. The fourth-order valence-corrected chi connectivity index (χ4v) is 4.25. The van der Waals surface area contributed by atoms with Crippen LogP contribution in [-0.4, -0.2) is 40.8 Å². The summed E-state index contributed by atoms with van der Waals surface area (Å²) in [6.07, 6.45) is 9.34. The van der Waals surface area contributed by atoms with E-state index in [1.165, 1.54) is 4.90 Å². The van der Waals surface area contributed by atoms with E-state index in [4.69, 9.17) is 0 Å². The van der Waals surface area contributed by atoms with E-state index in [9.17, 15) is 14.4 Å². The van der Waals surface area contributed by atoms with Crippen molar-refractivity contribution >= 4 is 23.5 Å². The lowest BCUT2D eigenvalue weighted by molar-refractivity contribution is -0.140. The number of carbonyl (C=O) groups excluding carboxylic acids is 3. The molecule has 0 spiro atoms. The highest BCUT2D eigenvalue weighted by Gasteiger charge is 2.56. The molecule has 5 rings (SSSR count). The van der Waals surface area contributed by atoms with Gasteiger partial charge in [0.25, 0.3) is 0 Å². The van der Waals surface area contributed by atoms with Crippen LogP contribution in [0.3, 0.4) is 0 Å². The van der Waals surface area contributed by atoms with Crippen molar-refractivity contribution in [2.24, 2.45) is 23.7 Å². The maximum atomic E-state index is 12.6. The summed E-state index contributed by atoms with van der Waals surface area (Å²) in [7, 11) is 0. The summed E-state index contributed by atoms with van der Waals surface area (Å²) < 4.78 is 0. The molecule has 7 heteroatoms. The molecule has 0 radical (unpaired) electrons. The molecule has 1 saturated carbocycles. The van der Waals surface area contributed by atoms with Crippen LogP contribution >= 0.6 is 0 Å². The lowest BCUT2D eigenvalue weighted by Gasteiger charge is -2.38. The molecule has 0 aromatic carbocycles. The summed E-state index contributed by atoms with van der Waals surface area (Å²) >= 11 is 0. The number of imide groups is 1. The minimum Gasteiger partial charge on any atom is -0.336 e. The van der Waals surface area contributed by atoms with Gasteiger partial charge in [0, 0.05) is 19.3 Å². The molecule has 1 aromatic rings. The Labute approximate surface area is 145 Å². The summed E-state index contributed by atoms with van der Waals surface area (Å²) in [4.78, 5) is 42.4. The van der Waals surface area contributed by atoms with Crippen molar-refractivity contribution in [2.45, 2.75) is 12.8 Å². The molecular formula is C18H20N4O3. The smallest absolute Gasteiger partial charge is 0.319 e. The number of allylic oxidation sites excluding steroid dienone is 2. The van der Waals surface area contributed by atoms with E-state index in [0.29, 0.717) is 5.69 Å². The van der Waals surface area contributed by atoms with Crippen LogP contribution in [0.25, 0.3) is 0 Å². The third kappa shape index (κ3) is 2.79. The SMILES string of the molecule is O=C(NCCN1C(=O)[C@@H]2[C@H](C1=O)[C@H]1C=C[C@H]2CC1)Nc1cccnc1. The summed E-state index contributed by atoms with van der Waals surface area (Å²) in [6.45, 7) is 0.441. The molecule has 1 aliphatic heterocycles. The van der Waals surface area contributed by atoms with Crippen molar-refractivity contribution in [3.05, 3.63) is 36.7 Å². The largest absolute Gasteiger partial charge is 0.336 e. The number of hydrogen-bond acceptors (Lipinski definition) is 4. The highest BCUT2D eigenvalue weighted by molar-refractivity contribution is 6.06. The van der Waals surface area contributed by atoms with Crippen molar-refractivity contribution in [3.63, 3.8) is 0 Å². The molecule has 2 fully saturated rings. The maximum absolute atomic E-state index is 12.6. The molecule has 0 unspecified atom stereocenters. The molecule has 25 heavy (non-hydrogen) atoms. The van der Waals surface area contributed by atoms with Gasteiger partial charge in [0.1, 0.15) is 0 Å². The average Bonchev–Trinajstić information content (AvgIpc) is 2.90. The van der Waals surface area contributed by atoms with Crippen LogP contribution in [0.2, 0.25) is 0 Å². The van der Waals surface area contributed by atoms with Crippen LogP contribution in [0.1, 0.15) is 12.8 Å². The van der Waals surface area contributed by atoms with Gasteiger partial charge in [0.05, 0.1) is 23.7 Å². The van der Waals surface area contributed by atoms with E-state index >= 15 is 0 Å². The summed E-state index contributed by atoms with van der Waals surface area (Å²) in [5.74, 6) is -0.162. The van der Waals surface area contributed by atoms with E-state index in [0.717, 1.165) is 12.8 Å². The van der Waals surface area contributed by atoms with Gasteiger partial charge in [-0.05, 0) is 36.8 Å². The Bertz CT molecular complexity index is 701. The highest BCUT2D eigenvalue weighted by atomic mass is 16.2. The standard InChI is InChI=1S/C18H20N4O3/c23-16-14-11-3-4-12(6-5-11)15(14)17(24)22(16)9-8-20-18(25)21-13-2-1-7-19-10-13/h1-4,7,10-12,14-15H,5-6,8-9H2,(H2,20,21,25)/t11-,12-,14-,15+/m0/s1. The number of aromatic nitrogens is 1. The summed E-state index contributed by atoms with van der Waals surface area (Å²) in [5, 5.41) is 5.33. The van der Waals surface area contributed by atoms with Crippen LogP contribution in [0.5, 0.6) is 0 Å². The first-order valence-electron chi connectivity index (χ1n) is 8.63. The van der Waals surface area contributed by atoms with E-state index in [2.05, 4.69) is 27.8 Å². The third-order valence-electron chi connectivity index (χ3n) is 5.39. The van der Waals surface area contributed by atoms with E-state index in [1.54, 1.807) is 24.5 Å². The minimum atomic E-state index is -0.383. The van der Waals surface area contributed by atoms with Gasteiger partial charge in [0.2, 0.25) is 11.8 Å². The van der Waals surface area contributed by atoms with Crippen molar-refractivity contribution in [1.29, 1.82) is 0 Å². The van der Waals surface area contributed by atoms with Crippen LogP contribution < -0.4 is 10.6 Å². The monoisotopic (exact) mass is 340 g/mol. The Morgan fingerprint density at radius 3 is 2.40 bits per heavy atom. The van der Waals surface area contributed by atoms with E-state index in [-0.39, 0.29) is 54.6 Å². The summed E-state index contributed by atoms with van der Waals surface area (Å²) in [6, 6.07) is 3.07. The Morgan fingerprint density at radius 2 is 1.84 bits per heavy atom. The van der Waals surface area contributed by atoms with Crippen molar-refractivity contribution in [1.82, 2.24) is 15.2 Å². The van der Waals surface area contributed by atoms with Crippen molar-refractivity contribution in [3.8, 4) is 0 Å². The molecular weight excluding hydrogens is 320 g/mol. The predicted molar refractivity (Wildman–Crippen MR) is 90.3 cm³/mol. The number of hydrogen-bond donors (Lipinski definition) is 2. The lowest BCUT2D eigenvalue weighted by Crippen LogP contribution is -2.40. The van der Waals surface area contributed by atoms with Crippen molar-refractivity contribution in [2.75, 3.05) is 18.4 Å². The topological polar surface area (TPSA) is 91.4 Å². The van der Waals surface area contributed by atoms with Gasteiger partial charge in [-0.3, -0.25) is 19.5 Å². The average molecular weight is 340 g/mol. The predicted octanol–water partition coefficient (Wildman–Crippen LogP) is 1.40. The fourth-order valence-electron chi connectivity index (χ4n) is 4.25. The number of amides is 4. The second-order valence-corrected chi connectivity index (χ2v) is 6.79. The second-order valence-electron chi connectivity index (χ2n) is 6.79. The molecule has 2 N–H and O–H groups in total. The molecule has 2 bridgehead atoms. The Kier molecular flexibility index (Phi) is 3.99. The molecule has 1 aromatic heterocycles. The number of rotatable bonds is 4. The van der Waals surface area contributed by atoms with Gasteiger partial charge < -0.3 is 10.6 Å². The number of urea groups is 1. The van der Waals surface area contributed by atoms with Gasteiger partial charge in [-0.15, -0.1) is 0 Å². The van der Waals surface area contributed by atoms with Crippen molar-refractivity contribution < 1.29 is 14.4 Å². The Balaban J connectivity index is 1.32. The number of likely N-dealkylation sites (tertiary alicyclic amines) is 1. The van der Waals surface area contributed by atoms with Gasteiger partial charge in [-0.1, -0.05) is 12.2 Å². The molecule has 4 amide bonds. The molecule has 2 heterocycles. The zero-order valence-corrected chi connectivity index (χ0v) is 13.7. The third-order valence-corrected chi connectivity index (χ3v) is 5.39. The quantitative estimate of drug-likeness (QED) is 0.640. The number of anilines is 1. The van der Waals surface area contributed by atoms with Crippen LogP contribution in [0.4, 0.5) is 10.5 Å². The number of fused-ring (bicyclic) bond motifs is 1. The zero-order valence-electron chi connectivity index (χ0n) is 13.7. The number of pyridine rings is 1.